The summed E-state index contributed by atoms with van der Waals surface area (Å²) in [6, 6.07) is 5.54. The van der Waals surface area contributed by atoms with Gasteiger partial charge in [0.25, 0.3) is 5.91 Å². The van der Waals surface area contributed by atoms with Gasteiger partial charge in [-0.15, -0.1) is 0 Å². The summed E-state index contributed by atoms with van der Waals surface area (Å²) < 4.78 is 32.9. The normalized spacial score (nSPS) is 18.2. The number of sulfone groups is 1. The first kappa shape index (κ1) is 21.7. The molecule has 0 saturated carbocycles. The number of carbonyl (C=O) groups excluding carboxylic acids is 3. The topological polar surface area (TPSA) is 128 Å². The van der Waals surface area contributed by atoms with E-state index in [1.165, 1.54) is 12.1 Å². The van der Waals surface area contributed by atoms with Crippen molar-refractivity contribution in [3.8, 4) is 0 Å². The van der Waals surface area contributed by atoms with E-state index in [2.05, 4.69) is 10.6 Å². The van der Waals surface area contributed by atoms with E-state index in [1.54, 1.807) is 32.9 Å². The van der Waals surface area contributed by atoms with E-state index in [-0.39, 0.29) is 17.1 Å². The number of carbonyl (C=O) groups is 3. The highest BCUT2D eigenvalue weighted by atomic mass is 32.2. The van der Waals surface area contributed by atoms with Gasteiger partial charge < -0.3 is 14.8 Å². The van der Waals surface area contributed by atoms with E-state index in [0.29, 0.717) is 12.1 Å². The lowest BCUT2D eigenvalue weighted by Crippen LogP contribution is -2.38. The average molecular weight is 412 g/mol. The van der Waals surface area contributed by atoms with Gasteiger partial charge in [0, 0.05) is 11.7 Å². The highest BCUT2D eigenvalue weighted by molar-refractivity contribution is 7.91. The fraction of sp³-hybridized carbons (Fsp3) is 0.500. The third kappa shape index (κ3) is 7.18. The number of rotatable bonds is 5. The quantitative estimate of drug-likeness (QED) is 0.701. The first-order valence-corrected chi connectivity index (χ1v) is 10.5. The summed E-state index contributed by atoms with van der Waals surface area (Å²) in [6.45, 7) is 4.66. The van der Waals surface area contributed by atoms with Crippen molar-refractivity contribution in [2.75, 3.05) is 23.4 Å². The molecule has 1 aliphatic rings. The minimum absolute atomic E-state index is 0.0369. The predicted octanol–water partition coefficient (Wildman–Crippen LogP) is 1.49. The van der Waals surface area contributed by atoms with Gasteiger partial charge in [-0.2, -0.15) is 0 Å². The molecule has 28 heavy (non-hydrogen) atoms. The Kier molecular flexibility index (Phi) is 6.65. The van der Waals surface area contributed by atoms with Crippen LogP contribution in [-0.2, 0) is 24.1 Å². The number of amides is 2. The smallest absolute Gasteiger partial charge is 0.412 e. The van der Waals surface area contributed by atoms with Crippen molar-refractivity contribution >= 4 is 33.5 Å². The van der Waals surface area contributed by atoms with Crippen LogP contribution in [0.1, 0.15) is 37.6 Å². The molecule has 2 rings (SSSR count). The van der Waals surface area contributed by atoms with Gasteiger partial charge in [-0.25, -0.2) is 18.0 Å². The van der Waals surface area contributed by atoms with E-state index < -0.39 is 46.1 Å². The Morgan fingerprint density at radius 3 is 2.54 bits per heavy atom. The van der Waals surface area contributed by atoms with Gasteiger partial charge in [0.15, 0.2) is 16.4 Å². The first-order chi connectivity index (χ1) is 12.9. The summed E-state index contributed by atoms with van der Waals surface area (Å²) in [5.41, 5.74) is -0.179. The summed E-state index contributed by atoms with van der Waals surface area (Å²) in [4.78, 5) is 35.7. The molecule has 1 aliphatic heterocycles. The van der Waals surface area contributed by atoms with Crippen LogP contribution in [0.4, 0.5) is 10.5 Å². The van der Waals surface area contributed by atoms with Crippen molar-refractivity contribution in [2.24, 2.45) is 0 Å². The third-order valence-electron chi connectivity index (χ3n) is 3.68. The second-order valence-electron chi connectivity index (χ2n) is 7.45. The third-order valence-corrected chi connectivity index (χ3v) is 5.44. The van der Waals surface area contributed by atoms with E-state index in [4.69, 9.17) is 9.47 Å². The van der Waals surface area contributed by atoms with Crippen LogP contribution in [0.25, 0.3) is 0 Å². The van der Waals surface area contributed by atoms with Crippen molar-refractivity contribution in [3.05, 3.63) is 29.8 Å². The largest absolute Gasteiger partial charge is 0.452 e. The molecule has 1 heterocycles. The van der Waals surface area contributed by atoms with Crippen molar-refractivity contribution in [1.29, 1.82) is 0 Å². The van der Waals surface area contributed by atoms with Gasteiger partial charge in [0.05, 0.1) is 17.1 Å². The molecular formula is C18H24N2O7S. The lowest BCUT2D eigenvalue weighted by atomic mass is 10.2. The second kappa shape index (κ2) is 8.59. The standard InChI is InChI=1S/C18H24N2O7S/c1-18(2,3)27-17(23)20-13-6-4-5-12(9-13)16(22)26-10-15(21)19-14-7-8-28(24,25)11-14/h4-6,9,14H,7-8,10-11H2,1-3H3,(H,19,21)(H,20,23)/t14-/m1/s1. The van der Waals surface area contributed by atoms with Crippen LogP contribution in [0.5, 0.6) is 0 Å². The van der Waals surface area contributed by atoms with E-state index in [9.17, 15) is 22.8 Å². The van der Waals surface area contributed by atoms with Crippen LogP contribution in [0, 0.1) is 0 Å². The zero-order valence-electron chi connectivity index (χ0n) is 16.0. The second-order valence-corrected chi connectivity index (χ2v) is 9.68. The Morgan fingerprint density at radius 1 is 1.21 bits per heavy atom. The predicted molar refractivity (Wildman–Crippen MR) is 102 cm³/mol. The lowest BCUT2D eigenvalue weighted by molar-refractivity contribution is -0.124. The lowest BCUT2D eigenvalue weighted by Gasteiger charge is -2.19. The molecular weight excluding hydrogens is 388 g/mol. The highest BCUT2D eigenvalue weighted by Crippen LogP contribution is 2.15. The Balaban J connectivity index is 1.85. The molecule has 1 aromatic rings. The Bertz CT molecular complexity index is 859. The molecule has 9 nitrogen and oxygen atoms in total. The van der Waals surface area contributed by atoms with Gasteiger partial charge in [-0.3, -0.25) is 10.1 Å². The van der Waals surface area contributed by atoms with Crippen LogP contribution in [0.15, 0.2) is 24.3 Å². The zero-order valence-corrected chi connectivity index (χ0v) is 16.8. The molecule has 10 heteroatoms. The Labute approximate surface area is 163 Å². The van der Waals surface area contributed by atoms with Crippen molar-refractivity contribution < 1.29 is 32.3 Å². The SMILES string of the molecule is CC(C)(C)OC(=O)Nc1cccc(C(=O)OCC(=O)N[C@@H]2CCS(=O)(=O)C2)c1. The van der Waals surface area contributed by atoms with Crippen molar-refractivity contribution in [3.63, 3.8) is 0 Å². The van der Waals surface area contributed by atoms with Crippen LogP contribution in [-0.4, -0.2) is 56.1 Å². The van der Waals surface area contributed by atoms with Crippen LogP contribution in [0.3, 0.4) is 0 Å². The van der Waals surface area contributed by atoms with Crippen LogP contribution < -0.4 is 10.6 Å². The summed E-state index contributed by atoms with van der Waals surface area (Å²) in [5, 5.41) is 5.04. The fourth-order valence-corrected chi connectivity index (χ4v) is 4.21. The zero-order chi connectivity index (χ0) is 20.9. The summed E-state index contributed by atoms with van der Waals surface area (Å²) in [6.07, 6.45) is -0.315. The molecule has 2 amide bonds. The van der Waals surface area contributed by atoms with E-state index >= 15 is 0 Å². The van der Waals surface area contributed by atoms with Crippen molar-refractivity contribution in [1.82, 2.24) is 5.32 Å². The maximum absolute atomic E-state index is 12.1. The molecule has 1 fully saturated rings. The van der Waals surface area contributed by atoms with Gasteiger partial charge in [-0.05, 0) is 45.4 Å². The molecule has 154 valence electrons. The molecule has 1 saturated heterocycles. The summed E-state index contributed by atoms with van der Waals surface area (Å²) in [5.74, 6) is -1.39. The number of esters is 1. The molecule has 0 spiro atoms. The maximum atomic E-state index is 12.1. The first-order valence-electron chi connectivity index (χ1n) is 8.70. The Hall–Kier alpha value is -2.62. The number of hydrogen-bond acceptors (Lipinski definition) is 7. The molecule has 0 aromatic heterocycles. The minimum atomic E-state index is -3.11. The van der Waals surface area contributed by atoms with Gasteiger partial charge >= 0.3 is 12.1 Å². The van der Waals surface area contributed by atoms with Gasteiger partial charge in [0.2, 0.25) is 0 Å². The van der Waals surface area contributed by atoms with E-state index in [0.717, 1.165) is 0 Å². The maximum Gasteiger partial charge on any atom is 0.412 e. The Morgan fingerprint density at radius 2 is 1.93 bits per heavy atom. The van der Waals surface area contributed by atoms with Crippen LogP contribution >= 0.6 is 0 Å². The minimum Gasteiger partial charge on any atom is -0.452 e. The van der Waals surface area contributed by atoms with Gasteiger partial charge in [-0.1, -0.05) is 6.07 Å². The molecule has 1 aromatic carbocycles. The number of anilines is 1. The number of hydrogen-bond donors (Lipinski definition) is 2. The number of nitrogens with one attached hydrogen (secondary N) is 2. The highest BCUT2D eigenvalue weighted by Gasteiger charge is 2.29. The van der Waals surface area contributed by atoms with Gasteiger partial charge in [0.1, 0.15) is 5.60 Å². The number of benzene rings is 1. The molecule has 0 aliphatic carbocycles. The van der Waals surface area contributed by atoms with E-state index in [1.807, 2.05) is 0 Å². The van der Waals surface area contributed by atoms with Crippen LogP contribution in [0.2, 0.25) is 0 Å². The number of ether oxygens (including phenoxy) is 2. The molecule has 0 radical (unpaired) electrons. The fourth-order valence-electron chi connectivity index (χ4n) is 2.54. The molecule has 0 unspecified atom stereocenters. The monoisotopic (exact) mass is 412 g/mol. The van der Waals surface area contributed by atoms with Crippen molar-refractivity contribution in [2.45, 2.75) is 38.8 Å². The summed E-state index contributed by atoms with van der Waals surface area (Å²) in [7, 11) is -3.11. The molecule has 0 bridgehead atoms. The summed E-state index contributed by atoms with van der Waals surface area (Å²) >= 11 is 0. The average Bonchev–Trinajstić information content (AvgIpc) is 2.89. The molecule has 2 N–H and O–H groups in total. The molecule has 1 atom stereocenters.